The molecule has 0 fully saturated rings. The first-order chi connectivity index (χ1) is 7.74. The third kappa shape index (κ3) is 1.36. The Morgan fingerprint density at radius 2 is 1.75 bits per heavy atom. The largest absolute Gasteiger partial charge is 0.261 e. The summed E-state index contributed by atoms with van der Waals surface area (Å²) in [6.45, 7) is 4.18. The number of pyridine rings is 1. The van der Waals surface area contributed by atoms with Crippen LogP contribution in [0.25, 0.3) is 21.5 Å². The van der Waals surface area contributed by atoms with Gasteiger partial charge in [0.15, 0.2) is 0 Å². The fourth-order valence-electron chi connectivity index (χ4n) is 2.19. The van der Waals surface area contributed by atoms with Crippen molar-refractivity contribution in [1.29, 1.82) is 0 Å². The predicted octanol–water partition coefficient (Wildman–Crippen LogP) is 4.00. The minimum atomic E-state index is 1.07. The van der Waals surface area contributed by atoms with E-state index < -0.39 is 0 Å². The van der Waals surface area contributed by atoms with E-state index in [0.29, 0.717) is 0 Å². The van der Waals surface area contributed by atoms with E-state index >= 15 is 0 Å². The molecule has 0 aliphatic carbocycles. The maximum absolute atomic E-state index is 4.34. The lowest BCUT2D eigenvalue weighted by Gasteiger charge is -2.05. The number of hydrogen-bond donors (Lipinski definition) is 0. The monoisotopic (exact) mass is 207 g/mol. The second-order valence-electron chi connectivity index (χ2n) is 4.32. The van der Waals surface area contributed by atoms with Crippen molar-refractivity contribution in [3.63, 3.8) is 0 Å². The first-order valence-corrected chi connectivity index (χ1v) is 5.50. The molecule has 0 unspecified atom stereocenters. The average molecular weight is 207 g/mol. The highest BCUT2D eigenvalue weighted by Gasteiger charge is 2.00. The summed E-state index contributed by atoms with van der Waals surface area (Å²) in [6.07, 6.45) is 1.95. The highest BCUT2D eigenvalue weighted by Crippen LogP contribution is 2.24. The van der Waals surface area contributed by atoms with Crippen LogP contribution in [0.4, 0.5) is 0 Å². The van der Waals surface area contributed by atoms with Gasteiger partial charge in [-0.25, -0.2) is 0 Å². The van der Waals surface area contributed by atoms with Gasteiger partial charge >= 0.3 is 0 Å². The lowest BCUT2D eigenvalue weighted by atomic mass is 10.0. The molecule has 0 N–H and O–H groups in total. The van der Waals surface area contributed by atoms with Crippen LogP contribution in [0.2, 0.25) is 0 Å². The maximum Gasteiger partial charge on any atom is 0.0379 e. The molecule has 3 aromatic rings. The van der Waals surface area contributed by atoms with Gasteiger partial charge in [0.2, 0.25) is 0 Å². The van der Waals surface area contributed by atoms with Gasteiger partial charge in [-0.3, -0.25) is 4.98 Å². The smallest absolute Gasteiger partial charge is 0.0379 e. The summed E-state index contributed by atoms with van der Waals surface area (Å²) in [5.74, 6) is 0. The first kappa shape index (κ1) is 9.34. The minimum absolute atomic E-state index is 1.07. The summed E-state index contributed by atoms with van der Waals surface area (Å²) in [4.78, 5) is 4.34. The summed E-state index contributed by atoms with van der Waals surface area (Å²) in [5, 5.41) is 5.11. The van der Waals surface area contributed by atoms with E-state index in [1.165, 1.54) is 27.1 Å². The van der Waals surface area contributed by atoms with Crippen LogP contribution in [-0.4, -0.2) is 4.98 Å². The third-order valence-electron chi connectivity index (χ3n) is 3.07. The van der Waals surface area contributed by atoms with E-state index in [9.17, 15) is 0 Å². The van der Waals surface area contributed by atoms with Gasteiger partial charge in [0.25, 0.3) is 0 Å². The number of benzene rings is 2. The van der Waals surface area contributed by atoms with E-state index in [4.69, 9.17) is 0 Å². The molecule has 1 aromatic heterocycles. The second kappa shape index (κ2) is 3.31. The fraction of sp³-hybridized carbons (Fsp3) is 0.133. The summed E-state index contributed by atoms with van der Waals surface area (Å²) in [5.41, 5.74) is 2.39. The van der Waals surface area contributed by atoms with Crippen molar-refractivity contribution in [2.24, 2.45) is 0 Å². The van der Waals surface area contributed by atoms with E-state index in [1.807, 2.05) is 13.1 Å². The Hall–Kier alpha value is -1.89. The molecular weight excluding hydrogens is 194 g/mol. The number of hydrogen-bond acceptors (Lipinski definition) is 1. The molecule has 3 rings (SSSR count). The van der Waals surface area contributed by atoms with Gasteiger partial charge in [-0.1, -0.05) is 18.2 Å². The van der Waals surface area contributed by atoms with Crippen molar-refractivity contribution in [3.05, 3.63) is 53.9 Å². The van der Waals surface area contributed by atoms with Crippen molar-refractivity contribution in [1.82, 2.24) is 4.98 Å². The number of aryl methyl sites for hydroxylation is 2. The average Bonchev–Trinajstić information content (AvgIpc) is 2.27. The van der Waals surface area contributed by atoms with Crippen molar-refractivity contribution in [2.75, 3.05) is 0 Å². The topological polar surface area (TPSA) is 12.9 Å². The quantitative estimate of drug-likeness (QED) is 0.508. The molecule has 0 spiro atoms. The second-order valence-corrected chi connectivity index (χ2v) is 4.32. The lowest BCUT2D eigenvalue weighted by molar-refractivity contribution is 1.23. The molecule has 0 saturated carbocycles. The van der Waals surface area contributed by atoms with Gasteiger partial charge in [0, 0.05) is 17.3 Å². The van der Waals surface area contributed by atoms with Gasteiger partial charge in [-0.05, 0) is 53.8 Å². The Kier molecular flexibility index (Phi) is 1.93. The molecule has 0 aliphatic heterocycles. The van der Waals surface area contributed by atoms with E-state index in [0.717, 1.165) is 5.69 Å². The van der Waals surface area contributed by atoms with Crippen LogP contribution in [0.3, 0.4) is 0 Å². The Bertz CT molecular complexity index is 683. The Balaban J connectivity index is 2.49. The fourth-order valence-corrected chi connectivity index (χ4v) is 2.19. The third-order valence-corrected chi connectivity index (χ3v) is 3.07. The molecule has 1 heterocycles. The highest BCUT2D eigenvalue weighted by atomic mass is 14.6. The molecule has 0 aliphatic rings. The zero-order valence-corrected chi connectivity index (χ0v) is 9.49. The molecule has 2 aromatic carbocycles. The van der Waals surface area contributed by atoms with Crippen molar-refractivity contribution < 1.29 is 0 Å². The summed E-state index contributed by atoms with van der Waals surface area (Å²) < 4.78 is 0. The van der Waals surface area contributed by atoms with Crippen molar-refractivity contribution in [2.45, 2.75) is 13.8 Å². The molecule has 0 atom stereocenters. The summed E-state index contributed by atoms with van der Waals surface area (Å²) >= 11 is 0. The Morgan fingerprint density at radius 3 is 2.62 bits per heavy atom. The SMILES string of the molecule is Cc1cc2cc3cccc(C)c3cc2cn1. The summed E-state index contributed by atoms with van der Waals surface area (Å²) in [7, 11) is 0. The van der Waals surface area contributed by atoms with Gasteiger partial charge in [0.05, 0.1) is 0 Å². The van der Waals surface area contributed by atoms with Crippen molar-refractivity contribution in [3.8, 4) is 0 Å². The zero-order valence-electron chi connectivity index (χ0n) is 9.49. The minimum Gasteiger partial charge on any atom is -0.261 e. The van der Waals surface area contributed by atoms with Gasteiger partial charge in [0.1, 0.15) is 0 Å². The van der Waals surface area contributed by atoms with Crippen LogP contribution in [0.5, 0.6) is 0 Å². The van der Waals surface area contributed by atoms with Crippen LogP contribution in [0.15, 0.2) is 42.6 Å². The normalized spacial score (nSPS) is 11.1. The molecule has 16 heavy (non-hydrogen) atoms. The Labute approximate surface area is 94.7 Å². The van der Waals surface area contributed by atoms with Gasteiger partial charge in [-0.2, -0.15) is 0 Å². The number of aromatic nitrogens is 1. The van der Waals surface area contributed by atoms with Gasteiger partial charge < -0.3 is 0 Å². The molecule has 1 nitrogen and oxygen atoms in total. The van der Waals surface area contributed by atoms with Crippen LogP contribution in [0.1, 0.15) is 11.3 Å². The molecule has 0 amide bonds. The molecule has 0 bridgehead atoms. The molecule has 78 valence electrons. The van der Waals surface area contributed by atoms with E-state index in [-0.39, 0.29) is 0 Å². The highest BCUT2D eigenvalue weighted by molar-refractivity contribution is 5.99. The van der Waals surface area contributed by atoms with Crippen LogP contribution < -0.4 is 0 Å². The van der Waals surface area contributed by atoms with E-state index in [1.54, 1.807) is 0 Å². The van der Waals surface area contributed by atoms with Crippen LogP contribution in [-0.2, 0) is 0 Å². The first-order valence-electron chi connectivity index (χ1n) is 5.50. The maximum atomic E-state index is 4.34. The lowest BCUT2D eigenvalue weighted by Crippen LogP contribution is -1.83. The van der Waals surface area contributed by atoms with Crippen LogP contribution in [0, 0.1) is 13.8 Å². The standard InChI is InChI=1S/C15H13N/c1-10-4-3-5-12-7-13-6-11(2)16-9-14(13)8-15(10)12/h3-9H,1-2H3. The molecule has 1 heteroatoms. The zero-order chi connectivity index (χ0) is 11.1. The predicted molar refractivity (Wildman–Crippen MR) is 68.7 cm³/mol. The molecular formula is C15H13N. The van der Waals surface area contributed by atoms with E-state index in [2.05, 4.69) is 48.3 Å². The molecule has 0 radical (unpaired) electrons. The summed E-state index contributed by atoms with van der Waals surface area (Å²) in [6, 6.07) is 13.0. The number of fused-ring (bicyclic) bond motifs is 2. The number of nitrogens with zero attached hydrogens (tertiary/aromatic N) is 1. The number of rotatable bonds is 0. The molecule has 0 saturated heterocycles. The Morgan fingerprint density at radius 1 is 0.875 bits per heavy atom. The van der Waals surface area contributed by atoms with Crippen molar-refractivity contribution >= 4 is 21.5 Å². The van der Waals surface area contributed by atoms with Crippen LogP contribution >= 0.6 is 0 Å². The van der Waals surface area contributed by atoms with Gasteiger partial charge in [-0.15, -0.1) is 0 Å².